The number of furan rings is 1. The van der Waals surface area contributed by atoms with Crippen molar-refractivity contribution in [2.24, 2.45) is 5.16 Å². The van der Waals surface area contributed by atoms with Crippen LogP contribution >= 0.6 is 11.6 Å². The fourth-order valence-electron chi connectivity index (χ4n) is 1.24. The summed E-state index contributed by atoms with van der Waals surface area (Å²) < 4.78 is 5.43. The summed E-state index contributed by atoms with van der Waals surface area (Å²) in [5.74, 6) is 0.546. The number of benzene rings is 1. The first-order chi connectivity index (χ1) is 6.70. The zero-order valence-electron chi connectivity index (χ0n) is 7.49. The van der Waals surface area contributed by atoms with Crippen LogP contribution in [0.2, 0.25) is 5.02 Å². The molecule has 2 aromatic rings. The first-order valence-electron chi connectivity index (χ1n) is 4.09. The molecular formula is C10H8ClNO2. The van der Waals surface area contributed by atoms with E-state index in [0.717, 1.165) is 11.0 Å². The zero-order valence-corrected chi connectivity index (χ0v) is 8.25. The molecule has 2 rings (SSSR count). The second-order valence-electron chi connectivity index (χ2n) is 2.98. The highest BCUT2D eigenvalue weighted by Crippen LogP contribution is 2.23. The Labute approximate surface area is 85.6 Å². The number of fused-ring (bicyclic) bond motifs is 1. The predicted molar refractivity (Wildman–Crippen MR) is 55.2 cm³/mol. The molecule has 0 aliphatic rings. The number of hydrogen-bond donors (Lipinski definition) is 1. The first kappa shape index (κ1) is 9.09. The highest BCUT2D eigenvalue weighted by Gasteiger charge is 2.06. The van der Waals surface area contributed by atoms with E-state index in [-0.39, 0.29) is 0 Å². The summed E-state index contributed by atoms with van der Waals surface area (Å²) in [5.41, 5.74) is 1.17. The van der Waals surface area contributed by atoms with Crippen molar-refractivity contribution in [2.45, 2.75) is 6.92 Å². The van der Waals surface area contributed by atoms with Gasteiger partial charge in [-0.05, 0) is 31.2 Å². The summed E-state index contributed by atoms with van der Waals surface area (Å²) in [4.78, 5) is 0. The Hall–Kier alpha value is -1.48. The summed E-state index contributed by atoms with van der Waals surface area (Å²) >= 11 is 5.82. The van der Waals surface area contributed by atoms with Crippen LogP contribution in [0.15, 0.2) is 33.8 Å². The molecule has 1 N–H and O–H groups in total. The molecule has 14 heavy (non-hydrogen) atoms. The van der Waals surface area contributed by atoms with Crippen LogP contribution in [0.25, 0.3) is 11.0 Å². The molecule has 0 amide bonds. The van der Waals surface area contributed by atoms with E-state index in [1.54, 1.807) is 31.2 Å². The molecule has 1 aromatic heterocycles. The van der Waals surface area contributed by atoms with Crippen molar-refractivity contribution in [1.29, 1.82) is 0 Å². The topological polar surface area (TPSA) is 45.7 Å². The lowest BCUT2D eigenvalue weighted by atomic mass is 10.2. The second-order valence-corrected chi connectivity index (χ2v) is 3.41. The number of halogens is 1. The number of rotatable bonds is 1. The lowest BCUT2D eigenvalue weighted by Gasteiger charge is -1.89. The normalized spacial score (nSPS) is 12.3. The molecule has 0 bridgehead atoms. The van der Waals surface area contributed by atoms with Gasteiger partial charge in [0.1, 0.15) is 11.3 Å². The molecule has 0 radical (unpaired) electrons. The van der Waals surface area contributed by atoms with Crippen LogP contribution in [0.3, 0.4) is 0 Å². The smallest absolute Gasteiger partial charge is 0.152 e. The predicted octanol–water partition coefficient (Wildman–Crippen LogP) is 3.28. The maximum atomic E-state index is 8.57. The highest BCUT2D eigenvalue weighted by molar-refractivity contribution is 6.31. The van der Waals surface area contributed by atoms with Crippen LogP contribution in [0, 0.1) is 0 Å². The van der Waals surface area contributed by atoms with Crippen molar-refractivity contribution < 1.29 is 9.62 Å². The van der Waals surface area contributed by atoms with Gasteiger partial charge in [-0.1, -0.05) is 16.8 Å². The van der Waals surface area contributed by atoms with Gasteiger partial charge in [-0.3, -0.25) is 0 Å². The fourth-order valence-corrected chi connectivity index (χ4v) is 1.42. The molecule has 4 heteroatoms. The zero-order chi connectivity index (χ0) is 10.1. The van der Waals surface area contributed by atoms with Gasteiger partial charge in [0.05, 0.1) is 0 Å². The summed E-state index contributed by atoms with van der Waals surface area (Å²) in [6.45, 7) is 1.67. The van der Waals surface area contributed by atoms with Gasteiger partial charge in [-0.25, -0.2) is 0 Å². The van der Waals surface area contributed by atoms with Crippen LogP contribution in [-0.4, -0.2) is 10.9 Å². The standard InChI is InChI=1S/C10H8ClNO2/c1-6(12-13)10-5-7-4-8(11)2-3-9(7)14-10/h2-5,13H,1H3/b12-6+. The molecule has 72 valence electrons. The Morgan fingerprint density at radius 1 is 1.43 bits per heavy atom. The Morgan fingerprint density at radius 3 is 2.93 bits per heavy atom. The summed E-state index contributed by atoms with van der Waals surface area (Å²) in [6.07, 6.45) is 0. The van der Waals surface area contributed by atoms with E-state index in [1.165, 1.54) is 0 Å². The fraction of sp³-hybridized carbons (Fsp3) is 0.100. The van der Waals surface area contributed by atoms with Crippen molar-refractivity contribution in [1.82, 2.24) is 0 Å². The molecule has 0 aliphatic heterocycles. The molecule has 0 saturated carbocycles. The monoisotopic (exact) mass is 209 g/mol. The van der Waals surface area contributed by atoms with Crippen molar-refractivity contribution in [3.63, 3.8) is 0 Å². The molecule has 0 atom stereocenters. The van der Waals surface area contributed by atoms with E-state index in [1.807, 2.05) is 0 Å². The van der Waals surface area contributed by atoms with Crippen molar-refractivity contribution in [2.75, 3.05) is 0 Å². The molecular weight excluding hydrogens is 202 g/mol. The van der Waals surface area contributed by atoms with E-state index >= 15 is 0 Å². The Bertz CT molecular complexity index is 502. The van der Waals surface area contributed by atoms with Crippen LogP contribution in [-0.2, 0) is 0 Å². The van der Waals surface area contributed by atoms with E-state index in [9.17, 15) is 0 Å². The Morgan fingerprint density at radius 2 is 2.21 bits per heavy atom. The maximum absolute atomic E-state index is 8.57. The lowest BCUT2D eigenvalue weighted by Crippen LogP contribution is -1.89. The minimum absolute atomic E-state index is 0.442. The Kier molecular flexibility index (Phi) is 2.17. The average Bonchev–Trinajstić information content (AvgIpc) is 2.59. The number of nitrogens with zero attached hydrogens (tertiary/aromatic N) is 1. The molecule has 1 heterocycles. The van der Waals surface area contributed by atoms with Gasteiger partial charge in [-0.15, -0.1) is 0 Å². The quantitative estimate of drug-likeness (QED) is 0.445. The van der Waals surface area contributed by atoms with Gasteiger partial charge in [0.15, 0.2) is 5.76 Å². The van der Waals surface area contributed by atoms with Crippen molar-refractivity contribution in [3.8, 4) is 0 Å². The van der Waals surface area contributed by atoms with Crippen LogP contribution in [0.4, 0.5) is 0 Å². The van der Waals surface area contributed by atoms with Crippen LogP contribution < -0.4 is 0 Å². The third kappa shape index (κ3) is 1.46. The molecule has 0 fully saturated rings. The Balaban J connectivity index is 2.62. The number of hydrogen-bond acceptors (Lipinski definition) is 3. The summed E-state index contributed by atoms with van der Waals surface area (Å²) in [7, 11) is 0. The van der Waals surface area contributed by atoms with Crippen molar-refractivity contribution >= 4 is 28.3 Å². The second kappa shape index (κ2) is 3.35. The van der Waals surface area contributed by atoms with Crippen LogP contribution in [0.1, 0.15) is 12.7 Å². The van der Waals surface area contributed by atoms with Gasteiger partial charge in [0, 0.05) is 10.4 Å². The molecule has 0 saturated heterocycles. The molecule has 0 aliphatic carbocycles. The largest absolute Gasteiger partial charge is 0.455 e. The van der Waals surface area contributed by atoms with Gasteiger partial charge in [-0.2, -0.15) is 0 Å². The van der Waals surface area contributed by atoms with Crippen molar-refractivity contribution in [3.05, 3.63) is 35.0 Å². The summed E-state index contributed by atoms with van der Waals surface area (Å²) in [6, 6.07) is 7.12. The summed E-state index contributed by atoms with van der Waals surface area (Å²) in [5, 5.41) is 13.2. The minimum atomic E-state index is 0.442. The number of oxime groups is 1. The highest BCUT2D eigenvalue weighted by atomic mass is 35.5. The molecule has 0 spiro atoms. The van der Waals surface area contributed by atoms with Crippen LogP contribution in [0.5, 0.6) is 0 Å². The van der Waals surface area contributed by atoms with Gasteiger partial charge >= 0.3 is 0 Å². The van der Waals surface area contributed by atoms with E-state index in [0.29, 0.717) is 16.5 Å². The van der Waals surface area contributed by atoms with Gasteiger partial charge < -0.3 is 9.62 Å². The van der Waals surface area contributed by atoms with E-state index in [2.05, 4.69) is 5.16 Å². The maximum Gasteiger partial charge on any atom is 0.152 e. The lowest BCUT2D eigenvalue weighted by molar-refractivity contribution is 0.318. The average molecular weight is 210 g/mol. The third-order valence-corrected chi connectivity index (χ3v) is 2.22. The van der Waals surface area contributed by atoms with E-state index in [4.69, 9.17) is 21.2 Å². The molecule has 0 unspecified atom stereocenters. The minimum Gasteiger partial charge on any atom is -0.455 e. The SMILES string of the molecule is C/C(=N\O)c1cc2cc(Cl)ccc2o1. The molecule has 1 aromatic carbocycles. The van der Waals surface area contributed by atoms with E-state index < -0.39 is 0 Å². The molecule has 3 nitrogen and oxygen atoms in total. The first-order valence-corrected chi connectivity index (χ1v) is 4.46. The van der Waals surface area contributed by atoms with Gasteiger partial charge in [0.2, 0.25) is 0 Å². The third-order valence-electron chi connectivity index (χ3n) is 1.98. The van der Waals surface area contributed by atoms with Gasteiger partial charge in [0.25, 0.3) is 0 Å².